The summed E-state index contributed by atoms with van der Waals surface area (Å²) < 4.78 is 0. The van der Waals surface area contributed by atoms with E-state index in [0.717, 1.165) is 11.8 Å². The fourth-order valence-corrected chi connectivity index (χ4v) is 3.56. The molecule has 0 saturated carbocycles. The number of hydrogen-bond acceptors (Lipinski definition) is 2. The van der Waals surface area contributed by atoms with Gasteiger partial charge in [-0.15, -0.1) is 0 Å². The van der Waals surface area contributed by atoms with Crippen molar-refractivity contribution in [1.29, 1.82) is 0 Å². The Hall–Kier alpha value is -0.470. The molecule has 2 unspecified atom stereocenters. The van der Waals surface area contributed by atoms with Crippen LogP contribution in [0.1, 0.15) is 50.5 Å². The minimum absolute atomic E-state index is 0.571. The number of nitrogens with zero attached hydrogens (tertiary/aromatic N) is 1. The van der Waals surface area contributed by atoms with Crippen LogP contribution in [0.3, 0.4) is 0 Å². The molecular formula is C17H27NS. The van der Waals surface area contributed by atoms with Crippen LogP contribution in [-0.4, -0.2) is 29.8 Å². The largest absolute Gasteiger partial charge is 0.300 e. The lowest BCUT2D eigenvalue weighted by molar-refractivity contribution is 0.133. The molecule has 106 valence electrons. The first-order valence-corrected chi connectivity index (χ1v) is 8.38. The average Bonchev–Trinajstić information content (AvgIpc) is 2.47. The molecule has 2 atom stereocenters. The Morgan fingerprint density at radius 2 is 2.05 bits per heavy atom. The van der Waals surface area contributed by atoms with Crippen LogP contribution in [0.4, 0.5) is 0 Å². The number of hydrogen-bond donors (Lipinski definition) is 1. The zero-order valence-electron chi connectivity index (χ0n) is 12.1. The molecule has 1 aliphatic heterocycles. The number of likely N-dealkylation sites (tertiary alicyclic amines) is 1. The van der Waals surface area contributed by atoms with Crippen molar-refractivity contribution in [3.05, 3.63) is 35.9 Å². The first-order valence-electron chi connectivity index (χ1n) is 7.75. The second-order valence-electron chi connectivity index (χ2n) is 5.72. The molecule has 0 radical (unpaired) electrons. The average molecular weight is 277 g/mol. The van der Waals surface area contributed by atoms with Crippen LogP contribution in [0, 0.1) is 0 Å². The van der Waals surface area contributed by atoms with Crippen molar-refractivity contribution in [2.45, 2.75) is 51.0 Å². The van der Waals surface area contributed by atoms with E-state index in [4.69, 9.17) is 0 Å². The molecule has 0 N–H and O–H groups in total. The number of thiol groups is 1. The van der Waals surface area contributed by atoms with E-state index in [1.807, 2.05) is 0 Å². The molecular weight excluding hydrogens is 250 g/mol. The Morgan fingerprint density at radius 3 is 2.74 bits per heavy atom. The topological polar surface area (TPSA) is 3.24 Å². The quantitative estimate of drug-likeness (QED) is 0.756. The van der Waals surface area contributed by atoms with E-state index in [1.54, 1.807) is 0 Å². The smallest absolute Gasteiger partial charge is 0.00954 e. The van der Waals surface area contributed by atoms with Crippen molar-refractivity contribution in [1.82, 2.24) is 4.90 Å². The van der Waals surface area contributed by atoms with Crippen molar-refractivity contribution >= 4 is 12.6 Å². The van der Waals surface area contributed by atoms with Gasteiger partial charge < -0.3 is 0 Å². The highest BCUT2D eigenvalue weighted by Crippen LogP contribution is 2.25. The molecule has 0 aromatic heterocycles. The van der Waals surface area contributed by atoms with E-state index in [9.17, 15) is 0 Å². The standard InChI is InChI=1S/C17H27NS/c1-2-8-17-11-6-7-12-18(17)13-16(14-19)15-9-4-3-5-10-15/h3-5,9-10,16-17,19H,2,6-8,11-14H2,1H3. The fraction of sp³-hybridized carbons (Fsp3) is 0.647. The Kier molecular flexibility index (Phi) is 6.25. The molecule has 1 heterocycles. The van der Waals surface area contributed by atoms with Crippen molar-refractivity contribution in [3.8, 4) is 0 Å². The van der Waals surface area contributed by atoms with E-state index in [0.29, 0.717) is 5.92 Å². The maximum atomic E-state index is 4.58. The second kappa shape index (κ2) is 7.96. The van der Waals surface area contributed by atoms with Crippen LogP contribution in [-0.2, 0) is 0 Å². The molecule has 1 aliphatic rings. The molecule has 1 fully saturated rings. The predicted molar refractivity (Wildman–Crippen MR) is 87.2 cm³/mol. The van der Waals surface area contributed by atoms with Gasteiger partial charge in [0, 0.05) is 18.5 Å². The van der Waals surface area contributed by atoms with Crippen LogP contribution in [0.5, 0.6) is 0 Å². The molecule has 1 saturated heterocycles. The van der Waals surface area contributed by atoms with E-state index in [1.165, 1.54) is 50.8 Å². The first-order chi connectivity index (χ1) is 9.35. The lowest BCUT2D eigenvalue weighted by atomic mass is 9.94. The number of benzene rings is 1. The summed E-state index contributed by atoms with van der Waals surface area (Å²) in [5, 5.41) is 0. The van der Waals surface area contributed by atoms with Crippen LogP contribution in [0.15, 0.2) is 30.3 Å². The Balaban J connectivity index is 2.00. The summed E-state index contributed by atoms with van der Waals surface area (Å²) in [6, 6.07) is 11.7. The number of rotatable bonds is 6. The molecule has 1 aromatic rings. The van der Waals surface area contributed by atoms with Crippen molar-refractivity contribution in [2.75, 3.05) is 18.8 Å². The second-order valence-corrected chi connectivity index (χ2v) is 6.09. The van der Waals surface area contributed by atoms with Crippen LogP contribution in [0.2, 0.25) is 0 Å². The third-order valence-electron chi connectivity index (χ3n) is 4.32. The lowest BCUT2D eigenvalue weighted by Crippen LogP contribution is -2.42. The number of piperidine rings is 1. The monoisotopic (exact) mass is 277 g/mol. The molecule has 1 nitrogen and oxygen atoms in total. The minimum atomic E-state index is 0.571. The first kappa shape index (κ1) is 14.9. The summed E-state index contributed by atoms with van der Waals surface area (Å²) >= 11 is 4.58. The summed E-state index contributed by atoms with van der Waals surface area (Å²) in [5.74, 6) is 1.52. The molecule has 2 heteroatoms. The maximum Gasteiger partial charge on any atom is 0.00954 e. The van der Waals surface area contributed by atoms with E-state index in [2.05, 4.69) is 54.8 Å². The summed E-state index contributed by atoms with van der Waals surface area (Å²) in [5.41, 5.74) is 1.44. The van der Waals surface area contributed by atoms with Gasteiger partial charge in [0.05, 0.1) is 0 Å². The highest BCUT2D eigenvalue weighted by Gasteiger charge is 2.24. The predicted octanol–water partition coefficient (Wildman–Crippen LogP) is 4.35. The zero-order valence-corrected chi connectivity index (χ0v) is 13.0. The lowest BCUT2D eigenvalue weighted by Gasteiger charge is -2.38. The molecule has 0 spiro atoms. The highest BCUT2D eigenvalue weighted by atomic mass is 32.1. The van der Waals surface area contributed by atoms with E-state index >= 15 is 0 Å². The third-order valence-corrected chi connectivity index (χ3v) is 4.76. The van der Waals surface area contributed by atoms with Gasteiger partial charge in [0.2, 0.25) is 0 Å². The minimum Gasteiger partial charge on any atom is -0.300 e. The Bertz CT molecular complexity index is 350. The molecule has 19 heavy (non-hydrogen) atoms. The van der Waals surface area contributed by atoms with Crippen LogP contribution < -0.4 is 0 Å². The van der Waals surface area contributed by atoms with Gasteiger partial charge in [0.25, 0.3) is 0 Å². The van der Waals surface area contributed by atoms with E-state index in [-0.39, 0.29) is 0 Å². The molecule has 1 aromatic carbocycles. The van der Waals surface area contributed by atoms with Gasteiger partial charge in [-0.25, -0.2) is 0 Å². The summed E-state index contributed by atoms with van der Waals surface area (Å²) in [4.78, 5) is 2.72. The summed E-state index contributed by atoms with van der Waals surface area (Å²) in [6.45, 7) is 4.76. The van der Waals surface area contributed by atoms with Crippen molar-refractivity contribution in [3.63, 3.8) is 0 Å². The molecule has 0 aliphatic carbocycles. The van der Waals surface area contributed by atoms with Gasteiger partial charge in [-0.05, 0) is 37.1 Å². The van der Waals surface area contributed by atoms with Gasteiger partial charge in [-0.2, -0.15) is 12.6 Å². The summed E-state index contributed by atoms with van der Waals surface area (Å²) in [6.07, 6.45) is 6.83. The van der Waals surface area contributed by atoms with Gasteiger partial charge in [0.1, 0.15) is 0 Å². The van der Waals surface area contributed by atoms with Crippen molar-refractivity contribution in [2.24, 2.45) is 0 Å². The van der Waals surface area contributed by atoms with Gasteiger partial charge in [-0.3, -0.25) is 4.90 Å². The molecule has 0 bridgehead atoms. The Labute approximate surface area is 123 Å². The molecule has 2 rings (SSSR count). The zero-order chi connectivity index (χ0) is 13.5. The van der Waals surface area contributed by atoms with Crippen molar-refractivity contribution < 1.29 is 0 Å². The summed E-state index contributed by atoms with van der Waals surface area (Å²) in [7, 11) is 0. The van der Waals surface area contributed by atoms with Gasteiger partial charge >= 0.3 is 0 Å². The fourth-order valence-electron chi connectivity index (χ4n) is 3.24. The van der Waals surface area contributed by atoms with Gasteiger partial charge in [0.15, 0.2) is 0 Å². The third kappa shape index (κ3) is 4.25. The maximum absolute atomic E-state index is 4.58. The SMILES string of the molecule is CCCC1CCCCN1CC(CS)c1ccccc1. The van der Waals surface area contributed by atoms with E-state index < -0.39 is 0 Å². The molecule has 0 amide bonds. The van der Waals surface area contributed by atoms with Crippen LogP contribution in [0.25, 0.3) is 0 Å². The highest BCUT2D eigenvalue weighted by molar-refractivity contribution is 7.80. The van der Waals surface area contributed by atoms with Crippen LogP contribution >= 0.6 is 12.6 Å². The van der Waals surface area contributed by atoms with Gasteiger partial charge in [-0.1, -0.05) is 50.1 Å². The normalized spacial score (nSPS) is 22.3. The Morgan fingerprint density at radius 1 is 1.26 bits per heavy atom.